The third-order valence-electron chi connectivity index (χ3n) is 2.21. The minimum atomic E-state index is -4.19. The second-order valence-electron chi connectivity index (χ2n) is 3.92. The van der Waals surface area contributed by atoms with E-state index in [2.05, 4.69) is 0 Å². The van der Waals surface area contributed by atoms with Gasteiger partial charge in [-0.1, -0.05) is 0 Å². The molecule has 1 heterocycles. The molecule has 0 saturated carbocycles. The first kappa shape index (κ1) is 14.5. The molecule has 0 radical (unpaired) electrons. The van der Waals surface area contributed by atoms with Crippen LogP contribution in [0.1, 0.15) is 16.2 Å². The summed E-state index contributed by atoms with van der Waals surface area (Å²) in [5.74, 6) is 0. The summed E-state index contributed by atoms with van der Waals surface area (Å²) in [5.41, 5.74) is 0. The lowest BCUT2D eigenvalue weighted by Gasteiger charge is -2.22. The minimum Gasteiger partial charge on any atom is -0.396 e. The molecule has 0 fully saturated rings. The maximum absolute atomic E-state index is 12.3. The molecule has 0 spiro atoms. The third kappa shape index (κ3) is 6.05. The summed E-state index contributed by atoms with van der Waals surface area (Å²) in [4.78, 5) is 3.33. The van der Waals surface area contributed by atoms with Crippen LogP contribution < -0.4 is 0 Å². The Bertz CT molecular complexity index is 338. The van der Waals surface area contributed by atoms with E-state index >= 15 is 0 Å². The van der Waals surface area contributed by atoms with Crippen molar-refractivity contribution in [2.24, 2.45) is 0 Å². The predicted octanol–water partition coefficient (Wildman–Crippen LogP) is 2.80. The summed E-state index contributed by atoms with van der Waals surface area (Å²) in [6, 6.07) is 3.75. The van der Waals surface area contributed by atoms with Gasteiger partial charge >= 0.3 is 6.18 Å². The molecule has 0 aromatic carbocycles. The van der Waals surface area contributed by atoms with Gasteiger partial charge < -0.3 is 5.11 Å². The van der Waals surface area contributed by atoms with Crippen LogP contribution in [-0.2, 0) is 6.54 Å². The standard InChI is InChI=1S/C11H16F3NOS/c1-9-3-4-10(17-9)7-15(5-2-6-16)8-11(12,13)14/h3-4,16H,2,5-8H2,1H3. The molecule has 2 nitrogen and oxygen atoms in total. The highest BCUT2D eigenvalue weighted by Crippen LogP contribution is 2.21. The van der Waals surface area contributed by atoms with Gasteiger partial charge in [0, 0.05) is 29.5 Å². The van der Waals surface area contributed by atoms with Crippen LogP contribution >= 0.6 is 11.3 Å². The smallest absolute Gasteiger partial charge is 0.396 e. The fourth-order valence-electron chi connectivity index (χ4n) is 1.55. The lowest BCUT2D eigenvalue weighted by Crippen LogP contribution is -2.34. The van der Waals surface area contributed by atoms with Crippen molar-refractivity contribution >= 4 is 11.3 Å². The number of aryl methyl sites for hydroxylation is 1. The van der Waals surface area contributed by atoms with Gasteiger partial charge in [-0.15, -0.1) is 11.3 Å². The van der Waals surface area contributed by atoms with E-state index in [1.807, 2.05) is 19.1 Å². The molecule has 0 saturated heterocycles. The maximum Gasteiger partial charge on any atom is 0.401 e. The number of halogens is 3. The van der Waals surface area contributed by atoms with Crippen molar-refractivity contribution in [2.45, 2.75) is 26.1 Å². The molecule has 0 aliphatic rings. The van der Waals surface area contributed by atoms with Crippen LogP contribution in [0, 0.1) is 6.92 Å². The van der Waals surface area contributed by atoms with Gasteiger partial charge in [-0.25, -0.2) is 0 Å². The quantitative estimate of drug-likeness (QED) is 0.856. The summed E-state index contributed by atoms with van der Waals surface area (Å²) in [7, 11) is 0. The highest BCUT2D eigenvalue weighted by molar-refractivity contribution is 7.11. The van der Waals surface area contributed by atoms with Crippen molar-refractivity contribution < 1.29 is 18.3 Å². The van der Waals surface area contributed by atoms with E-state index in [1.54, 1.807) is 0 Å². The number of nitrogens with zero attached hydrogens (tertiary/aromatic N) is 1. The second kappa shape index (κ2) is 6.37. The fourth-order valence-corrected chi connectivity index (χ4v) is 2.49. The molecule has 1 rings (SSSR count). The molecule has 0 aliphatic heterocycles. The Morgan fingerprint density at radius 1 is 1.35 bits per heavy atom. The zero-order valence-corrected chi connectivity index (χ0v) is 10.4. The summed E-state index contributed by atoms with van der Waals surface area (Å²) >= 11 is 1.50. The molecule has 17 heavy (non-hydrogen) atoms. The lowest BCUT2D eigenvalue weighted by atomic mass is 10.3. The van der Waals surface area contributed by atoms with Crippen molar-refractivity contribution in [1.29, 1.82) is 0 Å². The molecule has 0 aliphatic carbocycles. The number of thiophene rings is 1. The molecule has 0 unspecified atom stereocenters. The van der Waals surface area contributed by atoms with Crippen LogP contribution in [0.15, 0.2) is 12.1 Å². The number of hydrogen-bond acceptors (Lipinski definition) is 3. The van der Waals surface area contributed by atoms with E-state index in [4.69, 9.17) is 5.11 Å². The van der Waals surface area contributed by atoms with E-state index in [9.17, 15) is 13.2 Å². The van der Waals surface area contributed by atoms with Crippen molar-refractivity contribution in [3.8, 4) is 0 Å². The van der Waals surface area contributed by atoms with Crippen molar-refractivity contribution in [1.82, 2.24) is 4.90 Å². The van der Waals surface area contributed by atoms with Gasteiger partial charge in [0.05, 0.1) is 6.54 Å². The highest BCUT2D eigenvalue weighted by atomic mass is 32.1. The first-order valence-corrected chi connectivity index (χ1v) is 6.17. The highest BCUT2D eigenvalue weighted by Gasteiger charge is 2.30. The van der Waals surface area contributed by atoms with Gasteiger partial charge in [0.15, 0.2) is 0 Å². The molecule has 0 atom stereocenters. The Kier molecular flexibility index (Phi) is 5.42. The van der Waals surface area contributed by atoms with E-state index in [0.717, 1.165) is 9.75 Å². The second-order valence-corrected chi connectivity index (χ2v) is 5.29. The molecular weight excluding hydrogens is 251 g/mol. The fraction of sp³-hybridized carbons (Fsp3) is 0.636. The van der Waals surface area contributed by atoms with Gasteiger partial charge in [-0.05, 0) is 25.5 Å². The normalized spacial score (nSPS) is 12.4. The first-order valence-electron chi connectivity index (χ1n) is 5.36. The number of hydrogen-bond donors (Lipinski definition) is 1. The Morgan fingerprint density at radius 2 is 2.06 bits per heavy atom. The number of aliphatic hydroxyl groups excluding tert-OH is 1. The average molecular weight is 267 g/mol. The van der Waals surface area contributed by atoms with Crippen LogP contribution in [0.25, 0.3) is 0 Å². The van der Waals surface area contributed by atoms with Crippen molar-refractivity contribution in [3.63, 3.8) is 0 Å². The zero-order valence-electron chi connectivity index (χ0n) is 9.63. The SMILES string of the molecule is Cc1ccc(CN(CCCO)CC(F)(F)F)s1. The van der Waals surface area contributed by atoms with Crippen molar-refractivity contribution in [3.05, 3.63) is 21.9 Å². The van der Waals surface area contributed by atoms with Gasteiger partial charge in [0.2, 0.25) is 0 Å². The molecule has 1 N–H and O–H groups in total. The Balaban J connectivity index is 2.56. The largest absolute Gasteiger partial charge is 0.401 e. The van der Waals surface area contributed by atoms with Gasteiger partial charge in [0.25, 0.3) is 0 Å². The van der Waals surface area contributed by atoms with Crippen LogP contribution in [0.2, 0.25) is 0 Å². The summed E-state index contributed by atoms with van der Waals surface area (Å²) in [5, 5.41) is 8.68. The topological polar surface area (TPSA) is 23.5 Å². The zero-order chi connectivity index (χ0) is 12.9. The van der Waals surface area contributed by atoms with Crippen LogP contribution in [0.4, 0.5) is 13.2 Å². The maximum atomic E-state index is 12.3. The first-order chi connectivity index (χ1) is 7.90. The summed E-state index contributed by atoms with van der Waals surface area (Å²) in [6.45, 7) is 1.46. The molecule has 1 aromatic rings. The number of rotatable bonds is 6. The molecule has 0 amide bonds. The molecule has 1 aromatic heterocycles. The lowest BCUT2D eigenvalue weighted by molar-refractivity contribution is -0.147. The Labute approximate surface area is 103 Å². The van der Waals surface area contributed by atoms with E-state index < -0.39 is 12.7 Å². The van der Waals surface area contributed by atoms with Gasteiger partial charge in [-0.2, -0.15) is 13.2 Å². The van der Waals surface area contributed by atoms with Crippen LogP contribution in [0.5, 0.6) is 0 Å². The predicted molar refractivity (Wildman–Crippen MR) is 62.1 cm³/mol. The third-order valence-corrected chi connectivity index (χ3v) is 3.20. The van der Waals surface area contributed by atoms with Crippen molar-refractivity contribution in [2.75, 3.05) is 19.7 Å². The van der Waals surface area contributed by atoms with Crippen LogP contribution in [0.3, 0.4) is 0 Å². The average Bonchev–Trinajstić information content (AvgIpc) is 2.58. The summed E-state index contributed by atoms with van der Waals surface area (Å²) < 4.78 is 37.0. The molecule has 0 bridgehead atoms. The Hall–Kier alpha value is -0.590. The number of alkyl halides is 3. The van der Waals surface area contributed by atoms with Gasteiger partial charge in [0.1, 0.15) is 0 Å². The minimum absolute atomic E-state index is 0.0855. The van der Waals surface area contributed by atoms with Crippen LogP contribution in [-0.4, -0.2) is 35.9 Å². The monoisotopic (exact) mass is 267 g/mol. The molecular formula is C11H16F3NOS. The number of aliphatic hydroxyl groups is 1. The van der Waals surface area contributed by atoms with E-state index in [1.165, 1.54) is 16.2 Å². The van der Waals surface area contributed by atoms with Gasteiger partial charge in [-0.3, -0.25) is 4.90 Å². The molecule has 6 heteroatoms. The summed E-state index contributed by atoms with van der Waals surface area (Å²) in [6.07, 6.45) is -3.83. The van der Waals surface area contributed by atoms with E-state index in [0.29, 0.717) is 6.42 Å². The molecule has 98 valence electrons. The van der Waals surface area contributed by atoms with E-state index in [-0.39, 0.29) is 19.7 Å². The Morgan fingerprint density at radius 3 is 2.53 bits per heavy atom.